The van der Waals surface area contributed by atoms with Crippen molar-refractivity contribution in [1.82, 2.24) is 9.78 Å². The predicted molar refractivity (Wildman–Crippen MR) is 108 cm³/mol. The molecule has 0 atom stereocenters. The van der Waals surface area contributed by atoms with Gasteiger partial charge in [0.25, 0.3) is 0 Å². The Balaban J connectivity index is 1.70. The second-order valence-electron chi connectivity index (χ2n) is 6.44. The molecule has 1 N–H and O–H groups in total. The normalized spacial score (nSPS) is 10.8. The van der Waals surface area contributed by atoms with Crippen molar-refractivity contribution in [3.8, 4) is 5.69 Å². The Morgan fingerprint density at radius 2 is 1.54 bits per heavy atom. The van der Waals surface area contributed by atoms with Crippen molar-refractivity contribution in [3.63, 3.8) is 0 Å². The van der Waals surface area contributed by atoms with E-state index in [1.807, 2.05) is 42.8 Å². The van der Waals surface area contributed by atoms with E-state index >= 15 is 0 Å². The molecule has 0 aliphatic rings. The first-order valence-corrected chi connectivity index (χ1v) is 9.55. The highest BCUT2D eigenvalue weighted by Gasteiger charge is 2.15. The van der Waals surface area contributed by atoms with Gasteiger partial charge in [-0.15, -0.1) is 11.8 Å². The van der Waals surface area contributed by atoms with Gasteiger partial charge in [0.2, 0.25) is 5.91 Å². The maximum Gasteiger partial charge on any atom is 0.234 e. The molecule has 2 aromatic carbocycles. The lowest BCUT2D eigenvalue weighted by Gasteiger charge is -2.08. The number of anilines is 1. The second-order valence-corrected chi connectivity index (χ2v) is 7.49. The number of aryl methyl sites for hydroxylation is 3. The number of rotatable bonds is 5. The zero-order valence-corrected chi connectivity index (χ0v) is 16.4. The predicted octanol–water partition coefficient (Wildman–Crippen LogP) is 4.84. The minimum absolute atomic E-state index is 0.0229. The highest BCUT2D eigenvalue weighted by molar-refractivity contribution is 8.00. The van der Waals surface area contributed by atoms with Crippen molar-refractivity contribution in [1.29, 1.82) is 0 Å². The topological polar surface area (TPSA) is 46.9 Å². The van der Waals surface area contributed by atoms with Gasteiger partial charge in [-0.2, -0.15) is 5.10 Å². The van der Waals surface area contributed by atoms with Crippen molar-refractivity contribution in [3.05, 3.63) is 71.0 Å². The molecule has 5 heteroatoms. The molecule has 1 aromatic heterocycles. The summed E-state index contributed by atoms with van der Waals surface area (Å²) in [6.07, 6.45) is 0. The van der Waals surface area contributed by atoms with Gasteiger partial charge >= 0.3 is 0 Å². The Bertz CT molecular complexity index is 912. The molecule has 0 bridgehead atoms. The van der Waals surface area contributed by atoms with Crippen LogP contribution in [0.15, 0.2) is 53.4 Å². The fourth-order valence-electron chi connectivity index (χ4n) is 2.72. The smallest absolute Gasteiger partial charge is 0.234 e. The third-order valence-corrected chi connectivity index (χ3v) is 5.24. The lowest BCUT2D eigenvalue weighted by atomic mass is 10.2. The molecule has 1 amide bonds. The zero-order valence-electron chi connectivity index (χ0n) is 15.5. The SMILES string of the molecule is Cc1ccc(SCC(=O)Nc2c(C)nn(-c3ccc(C)cc3)c2C)cc1. The highest BCUT2D eigenvalue weighted by Crippen LogP contribution is 2.24. The van der Waals surface area contributed by atoms with Crippen LogP contribution in [0.5, 0.6) is 0 Å². The van der Waals surface area contributed by atoms with Crippen LogP contribution in [0.3, 0.4) is 0 Å². The van der Waals surface area contributed by atoms with Gasteiger partial charge in [-0.1, -0.05) is 35.4 Å². The monoisotopic (exact) mass is 365 g/mol. The van der Waals surface area contributed by atoms with E-state index in [1.54, 1.807) is 0 Å². The first kappa shape index (κ1) is 18.3. The van der Waals surface area contributed by atoms with E-state index in [-0.39, 0.29) is 5.91 Å². The van der Waals surface area contributed by atoms with Gasteiger partial charge in [-0.3, -0.25) is 4.79 Å². The highest BCUT2D eigenvalue weighted by atomic mass is 32.2. The van der Waals surface area contributed by atoms with E-state index in [2.05, 4.69) is 48.5 Å². The summed E-state index contributed by atoms with van der Waals surface area (Å²) in [5.74, 6) is 0.350. The van der Waals surface area contributed by atoms with Gasteiger partial charge in [0.05, 0.1) is 28.5 Å². The first-order chi connectivity index (χ1) is 12.4. The number of nitrogens with one attached hydrogen (secondary N) is 1. The molecule has 0 fully saturated rings. The standard InChI is InChI=1S/C21H23N3OS/c1-14-5-9-18(10-6-14)24-17(4)21(16(3)23-24)22-20(25)13-26-19-11-7-15(2)8-12-19/h5-12H,13H2,1-4H3,(H,22,25). The van der Waals surface area contributed by atoms with E-state index in [1.165, 1.54) is 22.9 Å². The lowest BCUT2D eigenvalue weighted by Crippen LogP contribution is -2.15. The Kier molecular flexibility index (Phi) is 5.47. The lowest BCUT2D eigenvalue weighted by molar-refractivity contribution is -0.113. The van der Waals surface area contributed by atoms with E-state index in [0.29, 0.717) is 5.75 Å². The number of thioether (sulfide) groups is 1. The summed E-state index contributed by atoms with van der Waals surface area (Å²) >= 11 is 1.53. The molecule has 0 radical (unpaired) electrons. The average molecular weight is 366 g/mol. The number of carbonyl (C=O) groups is 1. The molecule has 0 aliphatic carbocycles. The van der Waals surface area contributed by atoms with Gasteiger partial charge < -0.3 is 5.32 Å². The molecule has 0 spiro atoms. The molecule has 1 heterocycles. The van der Waals surface area contributed by atoms with Crippen LogP contribution in [0.4, 0.5) is 5.69 Å². The summed E-state index contributed by atoms with van der Waals surface area (Å²) in [7, 11) is 0. The Labute approximate surface area is 158 Å². The van der Waals surface area contributed by atoms with Crippen LogP contribution in [0.2, 0.25) is 0 Å². The van der Waals surface area contributed by atoms with Gasteiger partial charge in [-0.05, 0) is 52.0 Å². The van der Waals surface area contributed by atoms with Crippen LogP contribution in [-0.2, 0) is 4.79 Å². The molecule has 0 aliphatic heterocycles. The number of aromatic nitrogens is 2. The number of nitrogens with zero attached hydrogens (tertiary/aromatic N) is 2. The summed E-state index contributed by atoms with van der Waals surface area (Å²) in [5, 5.41) is 7.60. The first-order valence-electron chi connectivity index (χ1n) is 8.56. The minimum Gasteiger partial charge on any atom is -0.322 e. The Morgan fingerprint density at radius 3 is 2.15 bits per heavy atom. The third-order valence-electron chi connectivity index (χ3n) is 4.23. The summed E-state index contributed by atoms with van der Waals surface area (Å²) < 4.78 is 1.87. The quantitative estimate of drug-likeness (QED) is 0.658. The third kappa shape index (κ3) is 4.17. The fourth-order valence-corrected chi connectivity index (χ4v) is 3.42. The summed E-state index contributed by atoms with van der Waals surface area (Å²) in [4.78, 5) is 13.5. The van der Waals surface area contributed by atoms with Crippen LogP contribution in [0.1, 0.15) is 22.5 Å². The molecule has 134 valence electrons. The van der Waals surface area contributed by atoms with Gasteiger partial charge in [-0.25, -0.2) is 4.68 Å². The maximum atomic E-state index is 12.4. The molecule has 3 rings (SSSR count). The van der Waals surface area contributed by atoms with Crippen molar-refractivity contribution in [2.45, 2.75) is 32.6 Å². The van der Waals surface area contributed by atoms with E-state index < -0.39 is 0 Å². The molecule has 4 nitrogen and oxygen atoms in total. The number of carbonyl (C=O) groups excluding carboxylic acids is 1. The van der Waals surface area contributed by atoms with Crippen LogP contribution >= 0.6 is 11.8 Å². The van der Waals surface area contributed by atoms with Crippen molar-refractivity contribution < 1.29 is 4.79 Å². The van der Waals surface area contributed by atoms with Crippen molar-refractivity contribution in [2.75, 3.05) is 11.1 Å². The largest absolute Gasteiger partial charge is 0.322 e. The molecular formula is C21H23N3OS. The van der Waals surface area contributed by atoms with E-state index in [0.717, 1.165) is 27.7 Å². The van der Waals surface area contributed by atoms with Gasteiger partial charge in [0.1, 0.15) is 0 Å². The molecule has 0 unspecified atom stereocenters. The summed E-state index contributed by atoms with van der Waals surface area (Å²) in [6, 6.07) is 16.4. The van der Waals surface area contributed by atoms with Crippen molar-refractivity contribution in [2.24, 2.45) is 0 Å². The van der Waals surface area contributed by atoms with Gasteiger partial charge in [0.15, 0.2) is 0 Å². The number of hydrogen-bond acceptors (Lipinski definition) is 3. The van der Waals surface area contributed by atoms with Crippen LogP contribution < -0.4 is 5.32 Å². The number of hydrogen-bond donors (Lipinski definition) is 1. The Hall–Kier alpha value is -2.53. The Morgan fingerprint density at radius 1 is 0.962 bits per heavy atom. The molecule has 26 heavy (non-hydrogen) atoms. The maximum absolute atomic E-state index is 12.4. The van der Waals surface area contributed by atoms with E-state index in [4.69, 9.17) is 0 Å². The molecular weight excluding hydrogens is 342 g/mol. The zero-order chi connectivity index (χ0) is 18.7. The van der Waals surface area contributed by atoms with Gasteiger partial charge in [0, 0.05) is 4.90 Å². The molecule has 0 saturated heterocycles. The fraction of sp³-hybridized carbons (Fsp3) is 0.238. The van der Waals surface area contributed by atoms with Crippen LogP contribution in [0, 0.1) is 27.7 Å². The molecule has 0 saturated carbocycles. The number of amides is 1. The minimum atomic E-state index is -0.0229. The average Bonchev–Trinajstić information content (AvgIpc) is 2.90. The second kappa shape index (κ2) is 7.79. The van der Waals surface area contributed by atoms with E-state index in [9.17, 15) is 4.79 Å². The van der Waals surface area contributed by atoms with Crippen molar-refractivity contribution >= 4 is 23.4 Å². The summed E-state index contributed by atoms with van der Waals surface area (Å²) in [6.45, 7) is 8.00. The van der Waals surface area contributed by atoms with Crippen LogP contribution in [0.25, 0.3) is 5.69 Å². The summed E-state index contributed by atoms with van der Waals surface area (Å²) in [5.41, 5.74) is 5.95. The van der Waals surface area contributed by atoms with Crippen LogP contribution in [-0.4, -0.2) is 21.4 Å². The number of benzene rings is 2. The molecule has 3 aromatic rings.